The maximum atomic E-state index is 6.20. The summed E-state index contributed by atoms with van der Waals surface area (Å²) in [7, 11) is 1.58. The van der Waals surface area contributed by atoms with E-state index in [4.69, 9.17) is 44.9 Å². The lowest BCUT2D eigenvalue weighted by atomic mass is 10.2. The van der Waals surface area contributed by atoms with Gasteiger partial charge in [-0.15, -0.1) is 0 Å². The van der Waals surface area contributed by atoms with E-state index in [1.165, 1.54) is 0 Å². The van der Waals surface area contributed by atoms with Gasteiger partial charge in [-0.1, -0.05) is 35.3 Å². The Morgan fingerprint density at radius 1 is 1.27 bits per heavy atom. The highest BCUT2D eigenvalue weighted by atomic mass is 35.5. The van der Waals surface area contributed by atoms with E-state index in [0.29, 0.717) is 26.7 Å². The molecular formula is C18H19Cl2N3O2S. The summed E-state index contributed by atoms with van der Waals surface area (Å²) >= 11 is 17.2. The highest BCUT2D eigenvalue weighted by molar-refractivity contribution is 7.80. The second-order valence-electron chi connectivity index (χ2n) is 5.13. The Kier molecular flexibility index (Phi) is 7.97. The predicted molar refractivity (Wildman–Crippen MR) is 111 cm³/mol. The third-order valence-corrected chi connectivity index (χ3v) is 4.15. The van der Waals surface area contributed by atoms with Crippen molar-refractivity contribution in [3.63, 3.8) is 0 Å². The van der Waals surface area contributed by atoms with Crippen molar-refractivity contribution < 1.29 is 9.47 Å². The van der Waals surface area contributed by atoms with Crippen LogP contribution in [0.15, 0.2) is 41.5 Å². The zero-order valence-electron chi connectivity index (χ0n) is 14.4. The zero-order chi connectivity index (χ0) is 18.9. The number of hydrazone groups is 1. The molecule has 0 aliphatic heterocycles. The number of thiocarbonyl (C=S) groups is 1. The molecule has 0 radical (unpaired) electrons. The van der Waals surface area contributed by atoms with Crippen LogP contribution < -0.4 is 20.2 Å². The number of hydrogen-bond donors (Lipinski definition) is 2. The molecule has 0 heterocycles. The number of nitrogens with one attached hydrogen (secondary N) is 2. The van der Waals surface area contributed by atoms with Gasteiger partial charge in [0.2, 0.25) is 0 Å². The Labute approximate surface area is 168 Å². The van der Waals surface area contributed by atoms with Gasteiger partial charge in [-0.05, 0) is 43.4 Å². The molecule has 0 aliphatic rings. The minimum absolute atomic E-state index is 0.264. The number of methoxy groups -OCH3 is 1. The summed E-state index contributed by atoms with van der Waals surface area (Å²) in [6.07, 6.45) is 1.62. The first kappa shape index (κ1) is 20.3. The molecule has 0 saturated heterocycles. The van der Waals surface area contributed by atoms with Crippen LogP contribution in [0.5, 0.6) is 11.5 Å². The Bertz CT molecular complexity index is 800. The van der Waals surface area contributed by atoms with Crippen LogP contribution in [0.4, 0.5) is 0 Å². The molecule has 0 saturated carbocycles. The van der Waals surface area contributed by atoms with Crippen LogP contribution in [0, 0.1) is 0 Å². The van der Waals surface area contributed by atoms with Gasteiger partial charge in [-0.3, -0.25) is 5.43 Å². The Morgan fingerprint density at radius 2 is 2.08 bits per heavy atom. The van der Waals surface area contributed by atoms with Crippen LogP contribution >= 0.6 is 35.4 Å². The number of hydrogen-bond acceptors (Lipinski definition) is 4. The van der Waals surface area contributed by atoms with E-state index in [9.17, 15) is 0 Å². The number of ether oxygens (including phenoxy) is 2. The molecule has 26 heavy (non-hydrogen) atoms. The number of halogens is 2. The fourth-order valence-electron chi connectivity index (χ4n) is 2.10. The lowest BCUT2D eigenvalue weighted by Gasteiger charge is -2.14. The van der Waals surface area contributed by atoms with Gasteiger partial charge < -0.3 is 14.8 Å². The first-order chi connectivity index (χ1) is 12.5. The van der Waals surface area contributed by atoms with E-state index in [-0.39, 0.29) is 6.61 Å². The summed E-state index contributed by atoms with van der Waals surface area (Å²) in [6.45, 7) is 2.94. The molecule has 0 aliphatic carbocycles. The normalized spacial score (nSPS) is 10.6. The number of rotatable bonds is 7. The number of benzene rings is 2. The average molecular weight is 412 g/mol. The van der Waals surface area contributed by atoms with Crippen molar-refractivity contribution >= 4 is 46.7 Å². The highest BCUT2D eigenvalue weighted by Crippen LogP contribution is 2.31. The van der Waals surface area contributed by atoms with Gasteiger partial charge in [0.25, 0.3) is 0 Å². The first-order valence-electron chi connectivity index (χ1n) is 7.85. The largest absolute Gasteiger partial charge is 0.493 e. The molecule has 0 unspecified atom stereocenters. The fourth-order valence-corrected chi connectivity index (χ4v) is 2.76. The lowest BCUT2D eigenvalue weighted by Crippen LogP contribution is -2.31. The van der Waals surface area contributed by atoms with Gasteiger partial charge in [0.1, 0.15) is 6.61 Å². The SMILES string of the molecule is CCNC(=S)N/N=C/c1cccc(OC)c1OCc1ccc(Cl)cc1Cl. The number of para-hydroxylation sites is 1. The van der Waals surface area contributed by atoms with Crippen molar-refractivity contribution in [3.8, 4) is 11.5 Å². The molecule has 0 atom stereocenters. The zero-order valence-corrected chi connectivity index (χ0v) is 16.7. The smallest absolute Gasteiger partial charge is 0.186 e. The molecule has 5 nitrogen and oxygen atoms in total. The van der Waals surface area contributed by atoms with Gasteiger partial charge in [0.05, 0.1) is 13.3 Å². The molecule has 138 valence electrons. The standard InChI is InChI=1S/C18H19Cl2N3O2S/c1-3-21-18(26)23-22-10-12-5-4-6-16(24-2)17(12)25-11-13-7-8-14(19)9-15(13)20/h4-10H,3,11H2,1-2H3,(H2,21,23,26)/b22-10+. The van der Waals surface area contributed by atoms with E-state index >= 15 is 0 Å². The predicted octanol–water partition coefficient (Wildman–Crippen LogP) is 4.40. The molecule has 0 bridgehead atoms. The first-order valence-corrected chi connectivity index (χ1v) is 9.02. The van der Waals surface area contributed by atoms with Gasteiger partial charge >= 0.3 is 0 Å². The lowest BCUT2D eigenvalue weighted by molar-refractivity contribution is 0.284. The molecule has 2 aromatic carbocycles. The van der Waals surface area contributed by atoms with E-state index in [1.54, 1.807) is 25.5 Å². The maximum Gasteiger partial charge on any atom is 0.186 e. The van der Waals surface area contributed by atoms with Crippen molar-refractivity contribution in [2.24, 2.45) is 5.10 Å². The molecule has 2 aromatic rings. The second kappa shape index (κ2) is 10.2. The Morgan fingerprint density at radius 3 is 2.77 bits per heavy atom. The topological polar surface area (TPSA) is 54.9 Å². The third kappa shape index (κ3) is 5.76. The van der Waals surface area contributed by atoms with E-state index in [0.717, 1.165) is 17.7 Å². The third-order valence-electron chi connectivity index (χ3n) is 3.32. The van der Waals surface area contributed by atoms with Crippen molar-refractivity contribution in [1.82, 2.24) is 10.7 Å². The van der Waals surface area contributed by atoms with Crippen molar-refractivity contribution in [2.45, 2.75) is 13.5 Å². The molecule has 0 fully saturated rings. The van der Waals surface area contributed by atoms with Crippen molar-refractivity contribution in [2.75, 3.05) is 13.7 Å². The van der Waals surface area contributed by atoms with E-state index < -0.39 is 0 Å². The summed E-state index contributed by atoms with van der Waals surface area (Å²) in [6, 6.07) is 10.8. The minimum Gasteiger partial charge on any atom is -0.493 e. The minimum atomic E-state index is 0.264. The van der Waals surface area contributed by atoms with Crippen LogP contribution in [0.3, 0.4) is 0 Å². The quantitative estimate of drug-likeness (QED) is 0.401. The molecule has 0 spiro atoms. The van der Waals surface area contributed by atoms with Crippen LogP contribution in [-0.4, -0.2) is 25.0 Å². The van der Waals surface area contributed by atoms with Crippen LogP contribution in [-0.2, 0) is 6.61 Å². The fraction of sp³-hybridized carbons (Fsp3) is 0.222. The van der Waals surface area contributed by atoms with Gasteiger partial charge in [0.15, 0.2) is 16.6 Å². The van der Waals surface area contributed by atoms with Crippen LogP contribution in [0.2, 0.25) is 10.0 Å². The average Bonchev–Trinajstić information content (AvgIpc) is 2.61. The van der Waals surface area contributed by atoms with Gasteiger partial charge in [-0.25, -0.2) is 0 Å². The summed E-state index contributed by atoms with van der Waals surface area (Å²) in [5.74, 6) is 1.15. The summed E-state index contributed by atoms with van der Waals surface area (Å²) in [4.78, 5) is 0. The summed E-state index contributed by atoms with van der Waals surface area (Å²) in [5, 5.41) is 8.64. The Balaban J connectivity index is 2.17. The van der Waals surface area contributed by atoms with Crippen LogP contribution in [0.25, 0.3) is 0 Å². The van der Waals surface area contributed by atoms with Crippen molar-refractivity contribution in [3.05, 3.63) is 57.6 Å². The maximum absolute atomic E-state index is 6.20. The highest BCUT2D eigenvalue weighted by Gasteiger charge is 2.11. The Hall–Kier alpha value is -2.02. The molecule has 0 amide bonds. The summed E-state index contributed by atoms with van der Waals surface area (Å²) < 4.78 is 11.3. The molecule has 2 N–H and O–H groups in total. The molecule has 8 heteroatoms. The van der Waals surface area contributed by atoms with E-state index in [2.05, 4.69) is 15.8 Å². The van der Waals surface area contributed by atoms with E-state index in [1.807, 2.05) is 31.2 Å². The molecule has 2 rings (SSSR count). The monoisotopic (exact) mass is 411 g/mol. The van der Waals surface area contributed by atoms with Gasteiger partial charge in [0, 0.05) is 27.7 Å². The summed E-state index contributed by atoms with van der Waals surface area (Å²) in [5.41, 5.74) is 4.30. The van der Waals surface area contributed by atoms with Crippen molar-refractivity contribution in [1.29, 1.82) is 0 Å². The second-order valence-corrected chi connectivity index (χ2v) is 6.38. The molecular weight excluding hydrogens is 393 g/mol. The van der Waals surface area contributed by atoms with Gasteiger partial charge in [-0.2, -0.15) is 5.10 Å². The number of nitrogens with zero attached hydrogens (tertiary/aromatic N) is 1. The molecule has 0 aromatic heterocycles. The van der Waals surface area contributed by atoms with Crippen LogP contribution in [0.1, 0.15) is 18.1 Å².